The Hall–Kier alpha value is -2.85. The Morgan fingerprint density at radius 3 is 2.38 bits per heavy atom. The first-order chi connectivity index (χ1) is 17.1. The lowest BCUT2D eigenvalue weighted by molar-refractivity contribution is 0.0625. The zero-order valence-electron chi connectivity index (χ0n) is 21.7. The summed E-state index contributed by atoms with van der Waals surface area (Å²) >= 11 is 0. The van der Waals surface area contributed by atoms with Crippen LogP contribution in [0, 0.1) is 18.3 Å². The van der Waals surface area contributed by atoms with Gasteiger partial charge in [-0.2, -0.15) is 5.26 Å². The maximum atomic E-state index is 13.1. The number of carbonyl (C=O) groups is 1. The zero-order chi connectivity index (χ0) is 24.6. The molecule has 2 heterocycles. The third-order valence-electron chi connectivity index (χ3n) is 6.92. The number of aryl methyl sites for hydroxylation is 2. The number of rotatable bonds is 9. The lowest BCUT2D eigenvalue weighted by atomic mass is 9.99. The predicted molar refractivity (Wildman–Crippen MR) is 153 cm³/mol. The molecule has 1 amide bonds. The second-order valence-corrected chi connectivity index (χ2v) is 9.49. The number of amides is 1. The van der Waals surface area contributed by atoms with Crippen molar-refractivity contribution in [3.8, 4) is 6.07 Å². The molecule has 1 aliphatic heterocycles. The van der Waals surface area contributed by atoms with Crippen LogP contribution in [0.3, 0.4) is 0 Å². The van der Waals surface area contributed by atoms with Crippen molar-refractivity contribution < 1.29 is 4.79 Å². The molecular weight excluding hydrogens is 505 g/mol. The van der Waals surface area contributed by atoms with Crippen molar-refractivity contribution in [1.82, 2.24) is 19.4 Å². The van der Waals surface area contributed by atoms with Gasteiger partial charge in [0.05, 0.1) is 23.7 Å². The van der Waals surface area contributed by atoms with E-state index in [1.165, 1.54) is 30.4 Å². The van der Waals surface area contributed by atoms with Crippen molar-refractivity contribution in [1.29, 1.82) is 5.26 Å². The Bertz CT molecular complexity index is 1180. The highest BCUT2D eigenvalue weighted by atomic mass is 35.5. The molecule has 37 heavy (non-hydrogen) atoms. The van der Waals surface area contributed by atoms with Crippen LogP contribution >= 0.6 is 24.8 Å². The van der Waals surface area contributed by atoms with Gasteiger partial charge in [0.15, 0.2) is 0 Å². The maximum Gasteiger partial charge on any atom is 0.253 e. The van der Waals surface area contributed by atoms with Crippen LogP contribution in [0.25, 0.3) is 0 Å². The molecule has 0 saturated carbocycles. The number of hydrogen-bond donors (Lipinski definition) is 0. The predicted octanol–water partition coefficient (Wildman–Crippen LogP) is 5.65. The van der Waals surface area contributed by atoms with Gasteiger partial charge in [-0.15, -0.1) is 24.8 Å². The van der Waals surface area contributed by atoms with Gasteiger partial charge in [-0.1, -0.05) is 38.0 Å². The van der Waals surface area contributed by atoms with E-state index in [0.29, 0.717) is 5.56 Å². The van der Waals surface area contributed by atoms with Crippen LogP contribution in [0.15, 0.2) is 55.0 Å². The van der Waals surface area contributed by atoms with E-state index in [4.69, 9.17) is 5.26 Å². The number of hydrogen-bond acceptors (Lipinski definition) is 4. The first-order valence-corrected chi connectivity index (χ1v) is 12.7. The van der Waals surface area contributed by atoms with Crippen molar-refractivity contribution in [3.05, 3.63) is 88.5 Å². The van der Waals surface area contributed by atoms with Gasteiger partial charge in [0.2, 0.25) is 0 Å². The molecular formula is C29H37Cl2N5O. The summed E-state index contributed by atoms with van der Waals surface area (Å²) in [6, 6.07) is 16.1. The molecule has 0 spiro atoms. The van der Waals surface area contributed by atoms with E-state index < -0.39 is 0 Å². The molecule has 0 atom stereocenters. The van der Waals surface area contributed by atoms with Crippen LogP contribution in [0.4, 0.5) is 0 Å². The number of aromatic nitrogens is 2. The van der Waals surface area contributed by atoms with Crippen molar-refractivity contribution in [3.63, 3.8) is 0 Å². The Balaban J connectivity index is 0.00000241. The number of nitriles is 1. The summed E-state index contributed by atoms with van der Waals surface area (Å²) in [6.07, 6.45) is 8.56. The summed E-state index contributed by atoms with van der Waals surface area (Å²) in [5.41, 5.74) is 6.35. The van der Waals surface area contributed by atoms with Gasteiger partial charge in [-0.05, 0) is 60.7 Å². The molecule has 198 valence electrons. The second kappa shape index (κ2) is 14.8. The summed E-state index contributed by atoms with van der Waals surface area (Å²) in [5, 5.41) is 8.99. The average Bonchev–Trinajstić information content (AvgIpc) is 3.31. The van der Waals surface area contributed by atoms with Gasteiger partial charge < -0.3 is 9.47 Å². The highest BCUT2D eigenvalue weighted by Crippen LogP contribution is 2.18. The molecule has 4 rings (SSSR count). The van der Waals surface area contributed by atoms with Crippen LogP contribution < -0.4 is 0 Å². The normalized spacial score (nSPS) is 13.4. The first-order valence-electron chi connectivity index (χ1n) is 12.7. The molecule has 2 aromatic carbocycles. The number of piperazine rings is 1. The standard InChI is InChI=1S/C29H35N5O.2ClH/c1-3-4-5-6-26-11-12-27(17-23(26)2)29(35)33-15-13-32(14-16-33)21-28-19-31-22-34(28)20-25-9-7-24(18-30)8-10-25;;/h7-12,17,19,22H,3-6,13-16,20-21H2,1-2H3;2*1H. The van der Waals surface area contributed by atoms with E-state index >= 15 is 0 Å². The lowest BCUT2D eigenvalue weighted by Gasteiger charge is -2.35. The molecule has 0 unspecified atom stereocenters. The van der Waals surface area contributed by atoms with E-state index in [1.54, 1.807) is 0 Å². The van der Waals surface area contributed by atoms with Crippen LogP contribution in [-0.2, 0) is 19.5 Å². The molecule has 8 heteroatoms. The third-order valence-corrected chi connectivity index (χ3v) is 6.92. The van der Waals surface area contributed by atoms with Gasteiger partial charge in [0.25, 0.3) is 5.91 Å². The van der Waals surface area contributed by atoms with E-state index in [1.807, 2.05) is 47.8 Å². The third kappa shape index (κ3) is 8.07. The summed E-state index contributed by atoms with van der Waals surface area (Å²) in [7, 11) is 0. The van der Waals surface area contributed by atoms with E-state index in [-0.39, 0.29) is 30.7 Å². The minimum Gasteiger partial charge on any atom is -0.336 e. The second-order valence-electron chi connectivity index (χ2n) is 9.49. The fourth-order valence-electron chi connectivity index (χ4n) is 4.70. The largest absolute Gasteiger partial charge is 0.336 e. The Labute approximate surface area is 233 Å². The Kier molecular flexibility index (Phi) is 12.1. The van der Waals surface area contributed by atoms with Crippen molar-refractivity contribution in [2.75, 3.05) is 26.2 Å². The molecule has 6 nitrogen and oxygen atoms in total. The molecule has 1 aromatic heterocycles. The van der Waals surface area contributed by atoms with Crippen LogP contribution in [0.1, 0.15) is 64.5 Å². The fraction of sp³-hybridized carbons (Fsp3) is 0.414. The molecule has 3 aromatic rings. The van der Waals surface area contributed by atoms with Crippen LogP contribution in [0.2, 0.25) is 0 Å². The average molecular weight is 543 g/mol. The quantitative estimate of drug-likeness (QED) is 0.328. The van der Waals surface area contributed by atoms with Crippen LogP contribution in [0.5, 0.6) is 0 Å². The SMILES string of the molecule is CCCCCc1ccc(C(=O)N2CCN(Cc3cncn3Cc3ccc(C#N)cc3)CC2)cc1C.Cl.Cl. The lowest BCUT2D eigenvalue weighted by Crippen LogP contribution is -2.48. The maximum absolute atomic E-state index is 13.1. The Morgan fingerprint density at radius 2 is 1.73 bits per heavy atom. The number of halogens is 2. The van der Waals surface area contributed by atoms with Gasteiger partial charge >= 0.3 is 0 Å². The van der Waals surface area contributed by atoms with Crippen LogP contribution in [-0.4, -0.2) is 51.4 Å². The summed E-state index contributed by atoms with van der Waals surface area (Å²) in [5.74, 6) is 0.138. The fourth-order valence-corrected chi connectivity index (χ4v) is 4.70. The number of unbranched alkanes of at least 4 members (excludes halogenated alkanes) is 2. The first kappa shape index (κ1) is 30.4. The summed E-state index contributed by atoms with van der Waals surface area (Å²) < 4.78 is 2.16. The van der Waals surface area contributed by atoms with Gasteiger partial charge in [-0.3, -0.25) is 9.69 Å². The van der Waals surface area contributed by atoms with E-state index in [0.717, 1.165) is 62.5 Å². The molecule has 1 aliphatic rings. The number of benzene rings is 2. The molecule has 1 saturated heterocycles. The van der Waals surface area contributed by atoms with E-state index in [2.05, 4.69) is 46.5 Å². The highest BCUT2D eigenvalue weighted by molar-refractivity contribution is 5.94. The van der Waals surface area contributed by atoms with Crippen molar-refractivity contribution in [2.24, 2.45) is 0 Å². The Morgan fingerprint density at radius 1 is 1.00 bits per heavy atom. The van der Waals surface area contributed by atoms with Gasteiger partial charge in [0.1, 0.15) is 0 Å². The number of imidazole rings is 1. The molecule has 0 N–H and O–H groups in total. The summed E-state index contributed by atoms with van der Waals surface area (Å²) in [6.45, 7) is 9.05. The smallest absolute Gasteiger partial charge is 0.253 e. The molecule has 1 fully saturated rings. The molecule has 0 bridgehead atoms. The monoisotopic (exact) mass is 541 g/mol. The summed E-state index contributed by atoms with van der Waals surface area (Å²) in [4.78, 5) is 21.9. The van der Waals surface area contributed by atoms with Crippen molar-refractivity contribution in [2.45, 2.75) is 52.6 Å². The molecule has 0 aliphatic carbocycles. The number of carbonyl (C=O) groups excluding carboxylic acids is 1. The topological polar surface area (TPSA) is 65.2 Å². The van der Waals surface area contributed by atoms with Gasteiger partial charge in [-0.25, -0.2) is 4.98 Å². The van der Waals surface area contributed by atoms with Crippen molar-refractivity contribution >= 4 is 30.7 Å². The zero-order valence-corrected chi connectivity index (χ0v) is 23.4. The number of nitrogens with zero attached hydrogens (tertiary/aromatic N) is 5. The highest BCUT2D eigenvalue weighted by Gasteiger charge is 2.23. The molecule has 0 radical (unpaired) electrons. The minimum absolute atomic E-state index is 0. The van der Waals surface area contributed by atoms with E-state index in [9.17, 15) is 4.79 Å². The minimum atomic E-state index is 0. The van der Waals surface area contributed by atoms with Gasteiger partial charge in [0, 0.05) is 51.0 Å².